The van der Waals surface area contributed by atoms with E-state index in [4.69, 9.17) is 9.47 Å². The van der Waals surface area contributed by atoms with E-state index in [2.05, 4.69) is 25.1 Å². The summed E-state index contributed by atoms with van der Waals surface area (Å²) < 4.78 is 51.4. The highest BCUT2D eigenvalue weighted by atomic mass is 19.4. The number of nitrogens with zero attached hydrogens (tertiary/aromatic N) is 6. The Hall–Kier alpha value is -2.99. The van der Waals surface area contributed by atoms with Crippen LogP contribution in [-0.4, -0.2) is 77.8 Å². The van der Waals surface area contributed by atoms with E-state index in [1.807, 2.05) is 9.80 Å². The molecule has 1 N–H and O–H groups in total. The van der Waals surface area contributed by atoms with Crippen molar-refractivity contribution in [1.82, 2.24) is 25.1 Å². The standard InChI is InChI=1S/C19H20F3N7O2/c20-19(21,22)12-9-13(14-11-23-27-15(14)10-12)16-24-17(28-1-5-30-6-2-28)26-18(25-16)29-3-7-31-8-4-29/h9-11H,1-8H2,(H,23,27). The summed E-state index contributed by atoms with van der Waals surface area (Å²) in [6, 6.07) is 2.11. The van der Waals surface area contributed by atoms with Crippen molar-refractivity contribution < 1.29 is 22.6 Å². The highest BCUT2D eigenvalue weighted by molar-refractivity contribution is 5.93. The number of ether oxygens (including phenoxy) is 2. The third-order valence-electron chi connectivity index (χ3n) is 5.33. The van der Waals surface area contributed by atoms with Crippen molar-refractivity contribution in [1.29, 1.82) is 0 Å². The molecule has 2 saturated heterocycles. The first kappa shape index (κ1) is 19.9. The molecule has 2 aliphatic rings. The molecule has 0 unspecified atom stereocenters. The molecule has 1 aromatic carbocycles. The van der Waals surface area contributed by atoms with Crippen molar-refractivity contribution >= 4 is 22.8 Å². The van der Waals surface area contributed by atoms with E-state index in [0.717, 1.165) is 12.1 Å². The Morgan fingerprint density at radius 3 is 1.97 bits per heavy atom. The summed E-state index contributed by atoms with van der Waals surface area (Å²) >= 11 is 0. The number of aromatic nitrogens is 5. The Morgan fingerprint density at radius 1 is 0.839 bits per heavy atom. The fourth-order valence-electron chi connectivity index (χ4n) is 3.68. The molecular weight excluding hydrogens is 415 g/mol. The lowest BCUT2D eigenvalue weighted by atomic mass is 10.1. The number of hydrogen-bond donors (Lipinski definition) is 1. The Labute approximate surface area is 175 Å². The summed E-state index contributed by atoms with van der Waals surface area (Å²) in [5.74, 6) is 1.02. The highest BCUT2D eigenvalue weighted by Gasteiger charge is 2.32. The molecule has 2 fully saturated rings. The molecular formula is C19H20F3N7O2. The monoisotopic (exact) mass is 435 g/mol. The van der Waals surface area contributed by atoms with Crippen LogP contribution in [0.2, 0.25) is 0 Å². The molecule has 2 aliphatic heterocycles. The van der Waals surface area contributed by atoms with Crippen molar-refractivity contribution in [3.8, 4) is 11.4 Å². The summed E-state index contributed by atoms with van der Waals surface area (Å²) in [7, 11) is 0. The van der Waals surface area contributed by atoms with Gasteiger partial charge < -0.3 is 19.3 Å². The zero-order chi connectivity index (χ0) is 21.4. The van der Waals surface area contributed by atoms with Gasteiger partial charge in [-0.2, -0.15) is 33.2 Å². The van der Waals surface area contributed by atoms with Crippen LogP contribution in [0.4, 0.5) is 25.1 Å². The fraction of sp³-hybridized carbons (Fsp3) is 0.474. The number of alkyl halides is 3. The van der Waals surface area contributed by atoms with Gasteiger partial charge in [-0.05, 0) is 12.1 Å². The second kappa shape index (κ2) is 7.93. The second-order valence-corrected chi connectivity index (χ2v) is 7.31. The van der Waals surface area contributed by atoms with Crippen LogP contribution in [0.25, 0.3) is 22.3 Å². The molecule has 4 heterocycles. The molecule has 5 rings (SSSR count). The summed E-state index contributed by atoms with van der Waals surface area (Å²) in [4.78, 5) is 17.6. The summed E-state index contributed by atoms with van der Waals surface area (Å²) in [5.41, 5.74) is -0.267. The largest absolute Gasteiger partial charge is 0.416 e. The van der Waals surface area contributed by atoms with E-state index in [0.29, 0.717) is 69.9 Å². The number of morpholine rings is 2. The van der Waals surface area contributed by atoms with E-state index < -0.39 is 11.7 Å². The van der Waals surface area contributed by atoms with Crippen LogP contribution in [0.5, 0.6) is 0 Å². The van der Waals surface area contributed by atoms with Crippen molar-refractivity contribution in [2.45, 2.75) is 6.18 Å². The molecule has 0 spiro atoms. The number of benzene rings is 1. The first-order valence-corrected chi connectivity index (χ1v) is 9.95. The van der Waals surface area contributed by atoms with E-state index in [9.17, 15) is 13.2 Å². The first-order chi connectivity index (χ1) is 15.0. The molecule has 0 atom stereocenters. The predicted octanol–water partition coefficient (Wildman–Crippen LogP) is 2.11. The number of aromatic amines is 1. The second-order valence-electron chi connectivity index (χ2n) is 7.31. The van der Waals surface area contributed by atoms with Crippen LogP contribution in [0, 0.1) is 0 Å². The molecule has 2 aromatic heterocycles. The van der Waals surface area contributed by atoms with Gasteiger partial charge in [0.1, 0.15) is 0 Å². The Kier molecular flexibility index (Phi) is 5.10. The third-order valence-corrected chi connectivity index (χ3v) is 5.33. The lowest BCUT2D eigenvalue weighted by Gasteiger charge is -2.30. The maximum absolute atomic E-state index is 13.5. The molecule has 0 radical (unpaired) electrons. The van der Waals surface area contributed by atoms with Crippen LogP contribution in [0.15, 0.2) is 18.3 Å². The average molecular weight is 435 g/mol. The van der Waals surface area contributed by atoms with Gasteiger partial charge in [0.15, 0.2) is 5.82 Å². The van der Waals surface area contributed by atoms with Gasteiger partial charge in [0.2, 0.25) is 11.9 Å². The average Bonchev–Trinajstić information content (AvgIpc) is 3.28. The predicted molar refractivity (Wildman–Crippen MR) is 106 cm³/mol. The maximum atomic E-state index is 13.5. The van der Waals surface area contributed by atoms with Crippen LogP contribution in [0.1, 0.15) is 5.56 Å². The van der Waals surface area contributed by atoms with Crippen molar-refractivity contribution in [2.75, 3.05) is 62.4 Å². The summed E-state index contributed by atoms with van der Waals surface area (Å²) in [5, 5.41) is 7.05. The minimum Gasteiger partial charge on any atom is -0.378 e. The molecule has 9 nitrogen and oxygen atoms in total. The van der Waals surface area contributed by atoms with Gasteiger partial charge in [-0.1, -0.05) is 0 Å². The number of fused-ring (bicyclic) bond motifs is 1. The SMILES string of the molecule is FC(F)(F)c1cc(-c2nc(N3CCOCC3)nc(N3CCOCC3)n2)c2cn[nH]c2c1. The minimum atomic E-state index is -4.51. The minimum absolute atomic E-state index is 0.176. The van der Waals surface area contributed by atoms with Crippen LogP contribution in [-0.2, 0) is 15.7 Å². The van der Waals surface area contributed by atoms with E-state index >= 15 is 0 Å². The van der Waals surface area contributed by atoms with Gasteiger partial charge in [-0.15, -0.1) is 0 Å². The van der Waals surface area contributed by atoms with E-state index in [-0.39, 0.29) is 16.9 Å². The van der Waals surface area contributed by atoms with Crippen molar-refractivity contribution in [3.63, 3.8) is 0 Å². The number of anilines is 2. The quantitative estimate of drug-likeness (QED) is 0.669. The topological polar surface area (TPSA) is 92.3 Å². The maximum Gasteiger partial charge on any atom is 0.416 e. The normalized spacial score (nSPS) is 18.0. The van der Waals surface area contributed by atoms with Crippen LogP contribution < -0.4 is 9.80 Å². The first-order valence-electron chi connectivity index (χ1n) is 9.95. The van der Waals surface area contributed by atoms with Gasteiger partial charge in [-0.25, -0.2) is 0 Å². The number of hydrogen-bond acceptors (Lipinski definition) is 8. The molecule has 31 heavy (non-hydrogen) atoms. The summed E-state index contributed by atoms with van der Waals surface area (Å²) in [6.07, 6.45) is -3.03. The lowest BCUT2D eigenvalue weighted by Crippen LogP contribution is -2.40. The summed E-state index contributed by atoms with van der Waals surface area (Å²) in [6.45, 7) is 4.50. The smallest absolute Gasteiger partial charge is 0.378 e. The highest BCUT2D eigenvalue weighted by Crippen LogP contribution is 2.36. The molecule has 0 aliphatic carbocycles. The number of H-pyrrole nitrogens is 1. The van der Waals surface area contributed by atoms with Gasteiger partial charge in [0.05, 0.1) is 43.7 Å². The van der Waals surface area contributed by atoms with Crippen molar-refractivity contribution in [3.05, 3.63) is 23.9 Å². The molecule has 0 saturated carbocycles. The van der Waals surface area contributed by atoms with Gasteiger partial charge in [-0.3, -0.25) is 5.10 Å². The molecule has 164 valence electrons. The van der Waals surface area contributed by atoms with Crippen LogP contribution in [0.3, 0.4) is 0 Å². The van der Waals surface area contributed by atoms with Gasteiger partial charge in [0.25, 0.3) is 0 Å². The lowest BCUT2D eigenvalue weighted by molar-refractivity contribution is -0.137. The Morgan fingerprint density at radius 2 is 1.42 bits per heavy atom. The van der Waals surface area contributed by atoms with E-state index in [1.165, 1.54) is 6.20 Å². The molecule has 12 heteroatoms. The number of rotatable bonds is 3. The Bertz CT molecular complexity index is 1040. The van der Waals surface area contributed by atoms with E-state index in [1.54, 1.807) is 0 Å². The number of nitrogens with one attached hydrogen (secondary N) is 1. The number of halogens is 3. The molecule has 0 amide bonds. The van der Waals surface area contributed by atoms with Crippen molar-refractivity contribution in [2.24, 2.45) is 0 Å². The molecule has 0 bridgehead atoms. The Balaban J connectivity index is 1.66. The third kappa shape index (κ3) is 4.00. The van der Waals surface area contributed by atoms with Crippen LogP contribution >= 0.6 is 0 Å². The van der Waals surface area contributed by atoms with Gasteiger partial charge in [0, 0.05) is 37.1 Å². The van der Waals surface area contributed by atoms with Gasteiger partial charge >= 0.3 is 6.18 Å². The fourth-order valence-corrected chi connectivity index (χ4v) is 3.68. The zero-order valence-corrected chi connectivity index (χ0v) is 16.5. The molecule has 3 aromatic rings. The zero-order valence-electron chi connectivity index (χ0n) is 16.5.